The molecule has 1 aliphatic heterocycles. The third-order valence-corrected chi connectivity index (χ3v) is 8.04. The van der Waals surface area contributed by atoms with Gasteiger partial charge in [-0.1, -0.05) is 29.8 Å². The molecule has 218 valence electrons. The highest BCUT2D eigenvalue weighted by Gasteiger charge is 2.25. The molecule has 10 nitrogen and oxygen atoms in total. The summed E-state index contributed by atoms with van der Waals surface area (Å²) < 4.78 is 3.39. The van der Waals surface area contributed by atoms with Crippen LogP contribution in [-0.4, -0.2) is 55.3 Å². The maximum atomic E-state index is 13.7. The van der Waals surface area contributed by atoms with Crippen molar-refractivity contribution in [3.8, 4) is 22.4 Å². The molecule has 0 aliphatic carbocycles. The quantitative estimate of drug-likeness (QED) is 0.255. The van der Waals surface area contributed by atoms with Gasteiger partial charge in [0, 0.05) is 56.7 Å². The van der Waals surface area contributed by atoms with Crippen LogP contribution in [-0.2, 0) is 25.3 Å². The van der Waals surface area contributed by atoms with E-state index in [9.17, 15) is 9.59 Å². The van der Waals surface area contributed by atoms with Crippen LogP contribution in [0.1, 0.15) is 22.5 Å². The number of carbonyl (C=O) groups is 2. The van der Waals surface area contributed by atoms with E-state index >= 15 is 0 Å². The molecule has 6 rings (SSSR count). The summed E-state index contributed by atoms with van der Waals surface area (Å²) in [4.78, 5) is 37.8. The van der Waals surface area contributed by atoms with E-state index in [4.69, 9.17) is 11.6 Å². The third kappa shape index (κ3) is 6.14. The second-order valence-corrected chi connectivity index (χ2v) is 11.0. The number of nitrogens with zero attached hydrogens (tertiary/aromatic N) is 6. The van der Waals surface area contributed by atoms with Crippen LogP contribution in [0.3, 0.4) is 0 Å². The van der Waals surface area contributed by atoms with Gasteiger partial charge in [-0.2, -0.15) is 5.10 Å². The molecule has 2 amide bonds. The van der Waals surface area contributed by atoms with Crippen molar-refractivity contribution in [2.75, 3.05) is 23.3 Å². The van der Waals surface area contributed by atoms with Crippen LogP contribution < -0.4 is 15.5 Å². The Balaban J connectivity index is 1.25. The van der Waals surface area contributed by atoms with E-state index in [1.54, 1.807) is 31.8 Å². The monoisotopic (exact) mass is 594 g/mol. The van der Waals surface area contributed by atoms with Crippen molar-refractivity contribution in [3.05, 3.63) is 102 Å². The summed E-state index contributed by atoms with van der Waals surface area (Å²) in [7, 11) is 3.60. The largest absolute Gasteiger partial charge is 0.356 e. The number of amides is 2. The summed E-state index contributed by atoms with van der Waals surface area (Å²) in [5, 5.41) is 10.4. The van der Waals surface area contributed by atoms with Gasteiger partial charge in [0.1, 0.15) is 17.6 Å². The lowest BCUT2D eigenvalue weighted by molar-refractivity contribution is -0.118. The van der Waals surface area contributed by atoms with Crippen molar-refractivity contribution in [1.82, 2.24) is 29.6 Å². The molecule has 0 spiro atoms. The summed E-state index contributed by atoms with van der Waals surface area (Å²) in [6.45, 7) is 2.00. The average Bonchev–Trinajstić information content (AvgIpc) is 3.61. The lowest BCUT2D eigenvalue weighted by Crippen LogP contribution is -2.45. The van der Waals surface area contributed by atoms with E-state index in [1.165, 1.54) is 17.3 Å². The van der Waals surface area contributed by atoms with Crippen molar-refractivity contribution in [2.45, 2.75) is 18.9 Å². The summed E-state index contributed by atoms with van der Waals surface area (Å²) >= 11 is 6.66. The van der Waals surface area contributed by atoms with Crippen LogP contribution in [0.5, 0.6) is 0 Å². The second kappa shape index (κ2) is 12.1. The van der Waals surface area contributed by atoms with Crippen molar-refractivity contribution >= 4 is 34.9 Å². The normalized spacial score (nSPS) is 13.3. The molecule has 1 unspecified atom stereocenters. The number of aromatic nitrogens is 5. The molecule has 11 heteroatoms. The van der Waals surface area contributed by atoms with Gasteiger partial charge < -0.3 is 20.1 Å². The van der Waals surface area contributed by atoms with Gasteiger partial charge in [0.25, 0.3) is 5.91 Å². The zero-order valence-electron chi connectivity index (χ0n) is 23.9. The number of hydrogen-bond acceptors (Lipinski definition) is 6. The minimum Gasteiger partial charge on any atom is -0.356 e. The fraction of sp³-hybridized carbons (Fsp3) is 0.219. The number of hydrogen-bond donors (Lipinski definition) is 2. The predicted molar refractivity (Wildman–Crippen MR) is 167 cm³/mol. The molecule has 1 saturated heterocycles. The molecule has 1 fully saturated rings. The van der Waals surface area contributed by atoms with Crippen LogP contribution in [0.2, 0.25) is 5.02 Å². The van der Waals surface area contributed by atoms with Gasteiger partial charge in [-0.3, -0.25) is 14.3 Å². The average molecular weight is 595 g/mol. The van der Waals surface area contributed by atoms with E-state index in [1.807, 2.05) is 60.1 Å². The molecule has 4 heterocycles. The number of rotatable bonds is 9. The van der Waals surface area contributed by atoms with Crippen LogP contribution >= 0.6 is 11.6 Å². The molecular weight excluding hydrogens is 564 g/mol. The molecule has 1 atom stereocenters. The summed E-state index contributed by atoms with van der Waals surface area (Å²) in [5.74, 6) is 0.164. The van der Waals surface area contributed by atoms with E-state index < -0.39 is 11.9 Å². The Bertz CT molecular complexity index is 1770. The number of carbonyl (C=O) groups excluding carboxylic acids is 2. The molecule has 1 aliphatic rings. The van der Waals surface area contributed by atoms with Gasteiger partial charge in [0.15, 0.2) is 0 Å². The van der Waals surface area contributed by atoms with Crippen molar-refractivity contribution in [3.63, 3.8) is 0 Å². The third-order valence-electron chi connectivity index (χ3n) is 7.67. The summed E-state index contributed by atoms with van der Waals surface area (Å²) in [6.07, 6.45) is 8.21. The van der Waals surface area contributed by atoms with Crippen LogP contribution in [0.4, 0.5) is 11.5 Å². The van der Waals surface area contributed by atoms with E-state index in [-0.39, 0.29) is 12.3 Å². The van der Waals surface area contributed by atoms with Crippen LogP contribution in [0.25, 0.3) is 22.4 Å². The number of aryl methyl sites for hydroxylation is 2. The molecule has 2 N–H and O–H groups in total. The highest BCUT2D eigenvalue weighted by atomic mass is 35.5. The summed E-state index contributed by atoms with van der Waals surface area (Å²) in [6, 6.07) is 17.9. The minimum absolute atomic E-state index is 0.180. The molecule has 0 radical (unpaired) electrons. The number of pyridine rings is 1. The standard InChI is InChI=1S/C32H31ClN8O2/c1-39-20-34-19-29(39)21-4-7-25(8-5-21)37-31(42)27(38-32(43)28-11-13-36-40(28)2)17-24-16-22(6-9-26(24)33)23-10-12-35-30(18-23)41-14-3-15-41/h4-13,16,18-20,27H,3,14-15,17H2,1-2H3,(H,37,42)(H,38,43). The minimum atomic E-state index is -0.916. The Morgan fingerprint density at radius 3 is 2.40 bits per heavy atom. The SMILES string of the molecule is Cn1cncc1-c1ccc(NC(=O)C(Cc2cc(-c3ccnc(N4CCC4)c3)ccc2Cl)NC(=O)c2ccnn2C)cc1. The molecule has 0 saturated carbocycles. The Labute approximate surface area is 254 Å². The molecule has 5 aromatic rings. The van der Waals surface area contributed by atoms with Crippen LogP contribution in [0.15, 0.2) is 85.6 Å². The van der Waals surface area contributed by atoms with E-state index in [2.05, 4.69) is 36.7 Å². The zero-order chi connectivity index (χ0) is 29.9. The fourth-order valence-corrected chi connectivity index (χ4v) is 5.27. The number of imidazole rings is 1. The first-order valence-corrected chi connectivity index (χ1v) is 14.4. The topological polar surface area (TPSA) is 110 Å². The highest BCUT2D eigenvalue weighted by Crippen LogP contribution is 2.29. The number of anilines is 2. The van der Waals surface area contributed by atoms with Gasteiger partial charge in [-0.05, 0) is 71.1 Å². The molecule has 43 heavy (non-hydrogen) atoms. The molecule has 2 aromatic carbocycles. The molecule has 0 bridgehead atoms. The Morgan fingerprint density at radius 1 is 0.953 bits per heavy atom. The predicted octanol–water partition coefficient (Wildman–Crippen LogP) is 4.73. The fourth-order valence-electron chi connectivity index (χ4n) is 5.07. The van der Waals surface area contributed by atoms with Gasteiger partial charge in [0.05, 0.1) is 18.2 Å². The first kappa shape index (κ1) is 28.2. The van der Waals surface area contributed by atoms with Gasteiger partial charge in [0.2, 0.25) is 5.91 Å². The van der Waals surface area contributed by atoms with Crippen molar-refractivity contribution in [1.29, 1.82) is 0 Å². The first-order chi connectivity index (χ1) is 20.9. The van der Waals surface area contributed by atoms with E-state index in [0.717, 1.165) is 46.9 Å². The maximum Gasteiger partial charge on any atom is 0.270 e. The van der Waals surface area contributed by atoms with Gasteiger partial charge in [-0.15, -0.1) is 0 Å². The van der Waals surface area contributed by atoms with Gasteiger partial charge >= 0.3 is 0 Å². The number of nitrogens with one attached hydrogen (secondary N) is 2. The van der Waals surface area contributed by atoms with E-state index in [0.29, 0.717) is 16.4 Å². The maximum absolute atomic E-state index is 13.7. The number of halogens is 1. The van der Waals surface area contributed by atoms with Crippen molar-refractivity contribution < 1.29 is 9.59 Å². The van der Waals surface area contributed by atoms with Gasteiger partial charge in [-0.25, -0.2) is 9.97 Å². The lowest BCUT2D eigenvalue weighted by atomic mass is 9.99. The highest BCUT2D eigenvalue weighted by molar-refractivity contribution is 6.31. The van der Waals surface area contributed by atoms with Crippen LogP contribution in [0, 0.1) is 0 Å². The molecular formula is C32H31ClN8O2. The van der Waals surface area contributed by atoms with Crippen molar-refractivity contribution in [2.24, 2.45) is 14.1 Å². The molecule has 3 aromatic heterocycles. The Kier molecular flexibility index (Phi) is 7.93. The smallest absolute Gasteiger partial charge is 0.270 e. The summed E-state index contributed by atoms with van der Waals surface area (Å²) in [5.41, 5.74) is 5.56. The second-order valence-electron chi connectivity index (χ2n) is 10.6. The Morgan fingerprint density at radius 2 is 1.72 bits per heavy atom. The first-order valence-electron chi connectivity index (χ1n) is 14.0. The lowest BCUT2D eigenvalue weighted by Gasteiger charge is -2.32. The Hall–Kier alpha value is -4.96. The zero-order valence-corrected chi connectivity index (χ0v) is 24.6. The number of benzene rings is 2.